The van der Waals surface area contributed by atoms with E-state index in [1.54, 1.807) is 36.4 Å². The fourth-order valence-corrected chi connectivity index (χ4v) is 3.46. The lowest BCUT2D eigenvalue weighted by molar-refractivity contribution is 0.0594. The van der Waals surface area contributed by atoms with Crippen LogP contribution in [-0.4, -0.2) is 26.5 Å². The zero-order chi connectivity index (χ0) is 20.1. The van der Waals surface area contributed by atoms with E-state index < -0.39 is 16.0 Å². The van der Waals surface area contributed by atoms with Crippen LogP contribution in [-0.2, 0) is 14.8 Å². The van der Waals surface area contributed by atoms with Gasteiger partial charge in [0.05, 0.1) is 18.6 Å². The number of benzene rings is 2. The van der Waals surface area contributed by atoms with Crippen LogP contribution in [0, 0.1) is 6.57 Å². The highest BCUT2D eigenvalue weighted by molar-refractivity contribution is 7.92. The van der Waals surface area contributed by atoms with Gasteiger partial charge in [-0.15, -0.1) is 0 Å². The van der Waals surface area contributed by atoms with Gasteiger partial charge < -0.3 is 4.74 Å². The summed E-state index contributed by atoms with van der Waals surface area (Å²) in [6.07, 6.45) is 0. The minimum atomic E-state index is -3.88. The van der Waals surface area contributed by atoms with E-state index in [9.17, 15) is 13.2 Å². The number of carbonyl (C=O) groups is 1. The predicted octanol–water partition coefficient (Wildman–Crippen LogP) is 3.89. The third-order valence-corrected chi connectivity index (χ3v) is 5.25. The molecule has 7 nitrogen and oxygen atoms in total. The Morgan fingerprint density at radius 3 is 2.18 bits per heavy atom. The van der Waals surface area contributed by atoms with E-state index in [1.807, 2.05) is 0 Å². The third kappa shape index (κ3) is 4.16. The molecule has 0 radical (unpaired) electrons. The molecule has 28 heavy (non-hydrogen) atoms. The highest BCUT2D eigenvalue weighted by Crippen LogP contribution is 2.24. The summed E-state index contributed by atoms with van der Waals surface area (Å²) in [4.78, 5) is 18.9. The van der Waals surface area contributed by atoms with Crippen LogP contribution in [0.5, 0.6) is 0 Å². The first-order valence-electron chi connectivity index (χ1n) is 8.09. The molecule has 3 aromatic rings. The molecule has 0 aliphatic heterocycles. The lowest BCUT2D eigenvalue weighted by atomic mass is 10.1. The number of ether oxygens (including phenoxy) is 1. The Morgan fingerprint density at radius 1 is 1.00 bits per heavy atom. The zero-order valence-electron chi connectivity index (χ0n) is 14.8. The number of hydrogen-bond donors (Lipinski definition) is 1. The van der Waals surface area contributed by atoms with Crippen molar-refractivity contribution in [1.29, 1.82) is 0 Å². The Hall–Kier alpha value is -3.70. The second kappa shape index (κ2) is 7.90. The summed E-state index contributed by atoms with van der Waals surface area (Å²) in [6, 6.07) is 17.7. The summed E-state index contributed by atoms with van der Waals surface area (Å²) in [5.74, 6) is -0.642. The second-order valence-electron chi connectivity index (χ2n) is 5.69. The molecule has 0 atom stereocenters. The standard InChI is InChI=1S/C20H15N3O4S/c1-21-16-10-6-14(7-11-16)15-8-12-17(13-9-15)28(25,26)23-19-5-3-4-18(22-19)20(24)27-2/h3-13H,2H3,(H,22,23). The third-order valence-electron chi connectivity index (χ3n) is 3.88. The van der Waals surface area contributed by atoms with Gasteiger partial charge in [0.2, 0.25) is 0 Å². The van der Waals surface area contributed by atoms with Crippen LogP contribution in [0.1, 0.15) is 10.5 Å². The van der Waals surface area contributed by atoms with Crippen LogP contribution in [0.4, 0.5) is 11.5 Å². The van der Waals surface area contributed by atoms with Crippen molar-refractivity contribution in [3.63, 3.8) is 0 Å². The van der Waals surface area contributed by atoms with Gasteiger partial charge in [-0.05, 0) is 35.4 Å². The van der Waals surface area contributed by atoms with E-state index in [1.165, 1.54) is 37.4 Å². The van der Waals surface area contributed by atoms with Gasteiger partial charge in [-0.2, -0.15) is 0 Å². The molecule has 1 heterocycles. The first-order valence-corrected chi connectivity index (χ1v) is 9.57. The van der Waals surface area contributed by atoms with Crippen LogP contribution in [0.2, 0.25) is 0 Å². The van der Waals surface area contributed by atoms with Crippen molar-refractivity contribution in [3.05, 3.63) is 83.8 Å². The number of methoxy groups -OCH3 is 1. The van der Waals surface area contributed by atoms with Crippen LogP contribution >= 0.6 is 0 Å². The molecule has 0 bridgehead atoms. The molecule has 0 amide bonds. The van der Waals surface area contributed by atoms with Crippen LogP contribution in [0.15, 0.2) is 71.6 Å². The Kier molecular flexibility index (Phi) is 5.38. The van der Waals surface area contributed by atoms with Gasteiger partial charge >= 0.3 is 5.97 Å². The number of rotatable bonds is 5. The molecular formula is C20H15N3O4S. The maximum Gasteiger partial charge on any atom is 0.356 e. The summed E-state index contributed by atoms with van der Waals surface area (Å²) >= 11 is 0. The normalized spacial score (nSPS) is 10.7. The van der Waals surface area contributed by atoms with Crippen molar-refractivity contribution in [1.82, 2.24) is 4.98 Å². The number of nitrogens with zero attached hydrogens (tertiary/aromatic N) is 2. The van der Waals surface area contributed by atoms with Crippen molar-refractivity contribution >= 4 is 27.5 Å². The molecule has 0 saturated carbocycles. The summed E-state index contributed by atoms with van der Waals surface area (Å²) in [5.41, 5.74) is 2.23. The molecule has 0 saturated heterocycles. The van der Waals surface area contributed by atoms with Gasteiger partial charge in [-0.25, -0.2) is 23.0 Å². The first kappa shape index (κ1) is 19.1. The van der Waals surface area contributed by atoms with Gasteiger partial charge in [-0.1, -0.05) is 42.5 Å². The number of hydrogen-bond acceptors (Lipinski definition) is 5. The molecule has 0 spiro atoms. The van der Waals surface area contributed by atoms with E-state index >= 15 is 0 Å². The molecule has 2 aromatic carbocycles. The Morgan fingerprint density at radius 2 is 1.61 bits per heavy atom. The van der Waals surface area contributed by atoms with Crippen molar-refractivity contribution in [2.45, 2.75) is 4.90 Å². The zero-order valence-corrected chi connectivity index (χ0v) is 15.6. The predicted molar refractivity (Wildman–Crippen MR) is 105 cm³/mol. The molecule has 3 rings (SSSR count). The van der Waals surface area contributed by atoms with Crippen molar-refractivity contribution in [2.24, 2.45) is 0 Å². The van der Waals surface area contributed by atoms with E-state index in [0.717, 1.165) is 11.1 Å². The van der Waals surface area contributed by atoms with E-state index in [-0.39, 0.29) is 16.4 Å². The number of pyridine rings is 1. The molecule has 140 valence electrons. The number of aromatic nitrogens is 1. The van der Waals surface area contributed by atoms with Gasteiger partial charge in [0.15, 0.2) is 11.4 Å². The van der Waals surface area contributed by atoms with Crippen molar-refractivity contribution in [2.75, 3.05) is 11.8 Å². The molecular weight excluding hydrogens is 378 g/mol. The summed E-state index contributed by atoms with van der Waals surface area (Å²) in [7, 11) is -2.66. The highest BCUT2D eigenvalue weighted by atomic mass is 32.2. The molecule has 8 heteroatoms. The largest absolute Gasteiger partial charge is 0.464 e. The molecule has 1 aromatic heterocycles. The number of esters is 1. The molecule has 0 fully saturated rings. The minimum Gasteiger partial charge on any atom is -0.464 e. The quantitative estimate of drug-likeness (QED) is 0.525. The Balaban J connectivity index is 1.82. The maximum absolute atomic E-state index is 12.6. The number of carbonyl (C=O) groups excluding carboxylic acids is 1. The van der Waals surface area contributed by atoms with Gasteiger partial charge in [0.25, 0.3) is 10.0 Å². The van der Waals surface area contributed by atoms with E-state index in [4.69, 9.17) is 6.57 Å². The van der Waals surface area contributed by atoms with Crippen molar-refractivity contribution in [3.8, 4) is 11.1 Å². The van der Waals surface area contributed by atoms with Crippen LogP contribution < -0.4 is 4.72 Å². The lowest BCUT2D eigenvalue weighted by Gasteiger charge is -2.09. The fourth-order valence-electron chi connectivity index (χ4n) is 2.46. The minimum absolute atomic E-state index is 0.000841. The topological polar surface area (TPSA) is 89.7 Å². The smallest absolute Gasteiger partial charge is 0.356 e. The Bertz CT molecular complexity index is 1150. The van der Waals surface area contributed by atoms with Gasteiger partial charge in [0, 0.05) is 0 Å². The number of anilines is 1. The van der Waals surface area contributed by atoms with Crippen LogP contribution in [0.25, 0.3) is 16.0 Å². The SMILES string of the molecule is [C-]#[N+]c1ccc(-c2ccc(S(=O)(=O)Nc3cccc(C(=O)OC)n3)cc2)cc1. The molecule has 1 N–H and O–H groups in total. The Labute approximate surface area is 162 Å². The average Bonchev–Trinajstić information content (AvgIpc) is 2.73. The van der Waals surface area contributed by atoms with E-state index in [2.05, 4.69) is 19.3 Å². The first-order chi connectivity index (χ1) is 13.4. The number of sulfonamides is 1. The fraction of sp³-hybridized carbons (Fsp3) is 0.0500. The highest BCUT2D eigenvalue weighted by Gasteiger charge is 2.16. The second-order valence-corrected chi connectivity index (χ2v) is 7.37. The van der Waals surface area contributed by atoms with Gasteiger partial charge in [-0.3, -0.25) is 4.72 Å². The average molecular weight is 393 g/mol. The summed E-state index contributed by atoms with van der Waals surface area (Å²) in [5, 5.41) is 0. The monoisotopic (exact) mass is 393 g/mol. The lowest BCUT2D eigenvalue weighted by Crippen LogP contribution is -2.15. The molecule has 0 unspecified atom stereocenters. The molecule has 0 aliphatic rings. The van der Waals surface area contributed by atoms with Crippen LogP contribution in [0.3, 0.4) is 0 Å². The van der Waals surface area contributed by atoms with E-state index in [0.29, 0.717) is 5.69 Å². The maximum atomic E-state index is 12.6. The number of nitrogens with one attached hydrogen (secondary N) is 1. The van der Waals surface area contributed by atoms with Gasteiger partial charge in [0.1, 0.15) is 5.82 Å². The summed E-state index contributed by atoms with van der Waals surface area (Å²) < 4.78 is 32.1. The van der Waals surface area contributed by atoms with Crippen molar-refractivity contribution < 1.29 is 17.9 Å². The summed E-state index contributed by atoms with van der Waals surface area (Å²) in [6.45, 7) is 6.98. The molecule has 0 aliphatic carbocycles.